The van der Waals surface area contributed by atoms with Crippen LogP contribution in [-0.2, 0) is 0 Å². The van der Waals surface area contributed by atoms with Crippen molar-refractivity contribution in [1.82, 2.24) is 9.97 Å². The van der Waals surface area contributed by atoms with Crippen molar-refractivity contribution in [2.75, 3.05) is 5.32 Å². The van der Waals surface area contributed by atoms with Crippen LogP contribution in [0.25, 0.3) is 0 Å². The lowest BCUT2D eigenvalue weighted by molar-refractivity contribution is 0.253. The van der Waals surface area contributed by atoms with E-state index in [1.54, 1.807) is 6.07 Å². The van der Waals surface area contributed by atoms with Gasteiger partial charge in [0.2, 0.25) is 0 Å². The zero-order chi connectivity index (χ0) is 12.3. The van der Waals surface area contributed by atoms with E-state index in [9.17, 15) is 0 Å². The molecule has 0 saturated heterocycles. The molecular weight excluding hydrogens is 234 g/mol. The molecule has 0 amide bonds. The molecule has 1 aromatic rings. The summed E-state index contributed by atoms with van der Waals surface area (Å²) in [5.74, 6) is 2.30. The highest BCUT2D eigenvalue weighted by molar-refractivity contribution is 6.29. The van der Waals surface area contributed by atoms with Gasteiger partial charge < -0.3 is 5.32 Å². The first-order valence-electron chi connectivity index (χ1n) is 6.41. The first-order chi connectivity index (χ1) is 8.16. The summed E-state index contributed by atoms with van der Waals surface area (Å²) in [5, 5.41) is 4.02. The Morgan fingerprint density at radius 3 is 2.76 bits per heavy atom. The van der Waals surface area contributed by atoms with Crippen LogP contribution in [-0.4, -0.2) is 16.0 Å². The Morgan fingerprint density at radius 1 is 1.29 bits per heavy atom. The van der Waals surface area contributed by atoms with Crippen LogP contribution in [0.15, 0.2) is 12.4 Å². The van der Waals surface area contributed by atoms with Gasteiger partial charge in [-0.15, -0.1) is 0 Å². The van der Waals surface area contributed by atoms with Crippen LogP contribution in [0.3, 0.4) is 0 Å². The Morgan fingerprint density at radius 2 is 2.06 bits per heavy atom. The minimum atomic E-state index is 0.499. The van der Waals surface area contributed by atoms with Crippen molar-refractivity contribution in [1.29, 1.82) is 0 Å². The lowest BCUT2D eigenvalue weighted by atomic mass is 9.78. The second kappa shape index (κ2) is 5.67. The third-order valence-electron chi connectivity index (χ3n) is 3.64. The average Bonchev–Trinajstić information content (AvgIpc) is 2.29. The van der Waals surface area contributed by atoms with Crippen molar-refractivity contribution in [3.8, 4) is 0 Å². The molecule has 2 unspecified atom stereocenters. The maximum Gasteiger partial charge on any atom is 0.134 e. The van der Waals surface area contributed by atoms with E-state index in [1.165, 1.54) is 32.0 Å². The summed E-state index contributed by atoms with van der Waals surface area (Å²) in [6.45, 7) is 4.61. The lowest BCUT2D eigenvalue weighted by Gasteiger charge is -2.35. The molecule has 2 atom stereocenters. The molecule has 1 heterocycles. The van der Waals surface area contributed by atoms with Gasteiger partial charge in [-0.3, -0.25) is 0 Å². The molecule has 0 bridgehead atoms. The van der Waals surface area contributed by atoms with Crippen LogP contribution >= 0.6 is 11.6 Å². The second-order valence-electron chi connectivity index (χ2n) is 5.17. The Balaban J connectivity index is 2.05. The highest BCUT2D eigenvalue weighted by atomic mass is 35.5. The van der Waals surface area contributed by atoms with Crippen LogP contribution < -0.4 is 5.32 Å². The predicted molar refractivity (Wildman–Crippen MR) is 71.2 cm³/mol. The molecule has 17 heavy (non-hydrogen) atoms. The molecule has 0 aromatic carbocycles. The van der Waals surface area contributed by atoms with Gasteiger partial charge in [-0.05, 0) is 24.7 Å². The van der Waals surface area contributed by atoms with Crippen molar-refractivity contribution >= 4 is 17.4 Å². The summed E-state index contributed by atoms with van der Waals surface area (Å²) in [5.41, 5.74) is 0. The fraction of sp³-hybridized carbons (Fsp3) is 0.692. The zero-order valence-electron chi connectivity index (χ0n) is 10.5. The molecule has 0 spiro atoms. The molecule has 1 aliphatic rings. The summed E-state index contributed by atoms with van der Waals surface area (Å²) >= 11 is 5.87. The number of anilines is 1. The molecule has 4 heteroatoms. The van der Waals surface area contributed by atoms with Gasteiger partial charge in [0.1, 0.15) is 17.3 Å². The summed E-state index contributed by atoms with van der Waals surface area (Å²) in [6, 6.07) is 2.32. The van der Waals surface area contributed by atoms with E-state index in [4.69, 9.17) is 11.6 Å². The highest BCUT2D eigenvalue weighted by Crippen LogP contribution is 2.32. The third-order valence-corrected chi connectivity index (χ3v) is 3.85. The fourth-order valence-electron chi connectivity index (χ4n) is 2.74. The maximum atomic E-state index is 5.87. The number of nitrogens with one attached hydrogen (secondary N) is 1. The van der Waals surface area contributed by atoms with E-state index in [2.05, 4.69) is 29.1 Å². The summed E-state index contributed by atoms with van der Waals surface area (Å²) in [7, 11) is 0. The van der Waals surface area contributed by atoms with E-state index in [0.29, 0.717) is 17.1 Å². The molecule has 0 aliphatic heterocycles. The van der Waals surface area contributed by atoms with E-state index >= 15 is 0 Å². The Bertz CT molecular complexity index is 367. The highest BCUT2D eigenvalue weighted by Gasteiger charge is 2.27. The molecule has 0 radical (unpaired) electrons. The molecule has 94 valence electrons. The molecule has 1 aliphatic carbocycles. The van der Waals surface area contributed by atoms with Crippen molar-refractivity contribution in [3.63, 3.8) is 0 Å². The molecule has 1 saturated carbocycles. The van der Waals surface area contributed by atoms with Crippen molar-refractivity contribution in [2.45, 2.75) is 45.6 Å². The topological polar surface area (TPSA) is 37.8 Å². The average molecular weight is 254 g/mol. The van der Waals surface area contributed by atoms with Crippen molar-refractivity contribution in [3.05, 3.63) is 17.5 Å². The smallest absolute Gasteiger partial charge is 0.134 e. The predicted octanol–water partition coefficient (Wildman–Crippen LogP) is 3.76. The summed E-state index contributed by atoms with van der Waals surface area (Å²) in [4.78, 5) is 8.12. The largest absolute Gasteiger partial charge is 0.367 e. The van der Waals surface area contributed by atoms with Gasteiger partial charge >= 0.3 is 0 Å². The Labute approximate surface area is 108 Å². The first kappa shape index (κ1) is 12.6. The molecule has 3 nitrogen and oxygen atoms in total. The van der Waals surface area contributed by atoms with E-state index < -0.39 is 0 Å². The number of nitrogens with zero attached hydrogens (tertiary/aromatic N) is 2. The van der Waals surface area contributed by atoms with Gasteiger partial charge in [0.05, 0.1) is 0 Å². The number of halogens is 1. The van der Waals surface area contributed by atoms with Crippen LogP contribution in [0.4, 0.5) is 5.82 Å². The van der Waals surface area contributed by atoms with Gasteiger partial charge in [-0.1, -0.05) is 38.3 Å². The number of hydrogen-bond donors (Lipinski definition) is 1. The number of aromatic nitrogens is 2. The van der Waals surface area contributed by atoms with Gasteiger partial charge in [-0.25, -0.2) is 9.97 Å². The monoisotopic (exact) mass is 253 g/mol. The second-order valence-corrected chi connectivity index (χ2v) is 5.56. The van der Waals surface area contributed by atoms with E-state index in [1.807, 2.05) is 0 Å². The zero-order valence-corrected chi connectivity index (χ0v) is 11.2. The molecular formula is C13H20ClN3. The van der Waals surface area contributed by atoms with Crippen LogP contribution in [0, 0.1) is 11.8 Å². The maximum absolute atomic E-state index is 5.87. The normalized spacial score (nSPS) is 24.9. The van der Waals surface area contributed by atoms with E-state index in [0.717, 1.165) is 11.7 Å². The Hall–Kier alpha value is -0.830. The van der Waals surface area contributed by atoms with Crippen LogP contribution in [0.5, 0.6) is 0 Å². The SMILES string of the molecule is CC(C)C1CCCCC1Nc1cc(Cl)ncn1. The van der Waals surface area contributed by atoms with Crippen LogP contribution in [0.2, 0.25) is 5.15 Å². The fourth-order valence-corrected chi connectivity index (χ4v) is 2.89. The quantitative estimate of drug-likeness (QED) is 0.834. The van der Waals surface area contributed by atoms with Crippen molar-refractivity contribution < 1.29 is 0 Å². The summed E-state index contributed by atoms with van der Waals surface area (Å²) in [6.07, 6.45) is 6.71. The standard InChI is InChI=1S/C13H20ClN3/c1-9(2)10-5-3-4-6-11(10)17-13-7-12(14)15-8-16-13/h7-11H,3-6H2,1-2H3,(H,15,16,17). The first-order valence-corrected chi connectivity index (χ1v) is 6.78. The lowest BCUT2D eigenvalue weighted by Crippen LogP contribution is -2.35. The molecule has 1 fully saturated rings. The van der Waals surface area contributed by atoms with Gasteiger partial charge in [0.25, 0.3) is 0 Å². The molecule has 2 rings (SSSR count). The number of hydrogen-bond acceptors (Lipinski definition) is 3. The van der Waals surface area contributed by atoms with Gasteiger partial charge in [-0.2, -0.15) is 0 Å². The summed E-state index contributed by atoms with van der Waals surface area (Å²) < 4.78 is 0. The van der Waals surface area contributed by atoms with Crippen LogP contribution in [0.1, 0.15) is 39.5 Å². The van der Waals surface area contributed by atoms with Gasteiger partial charge in [0.15, 0.2) is 0 Å². The Kier molecular flexibility index (Phi) is 4.21. The van der Waals surface area contributed by atoms with Gasteiger partial charge in [0, 0.05) is 12.1 Å². The molecule has 1 N–H and O–H groups in total. The number of rotatable bonds is 3. The van der Waals surface area contributed by atoms with Crippen molar-refractivity contribution in [2.24, 2.45) is 11.8 Å². The minimum Gasteiger partial charge on any atom is -0.367 e. The van der Waals surface area contributed by atoms with E-state index in [-0.39, 0.29) is 0 Å². The molecule has 1 aromatic heterocycles. The minimum absolute atomic E-state index is 0.499. The third kappa shape index (κ3) is 3.32.